The van der Waals surface area contributed by atoms with Gasteiger partial charge in [0.2, 0.25) is 0 Å². The van der Waals surface area contributed by atoms with Crippen molar-refractivity contribution in [3.05, 3.63) is 29.0 Å². The van der Waals surface area contributed by atoms with Gasteiger partial charge in [0.1, 0.15) is 5.82 Å². The van der Waals surface area contributed by atoms with Crippen LogP contribution in [0.5, 0.6) is 0 Å². The van der Waals surface area contributed by atoms with E-state index in [0.29, 0.717) is 6.04 Å². The van der Waals surface area contributed by atoms with E-state index in [1.54, 1.807) is 12.1 Å². The molecule has 1 aromatic carbocycles. The summed E-state index contributed by atoms with van der Waals surface area (Å²) in [6, 6.07) is 5.29. The number of benzene rings is 1. The fourth-order valence-electron chi connectivity index (χ4n) is 1.84. The van der Waals surface area contributed by atoms with E-state index in [1.165, 1.54) is 18.9 Å². The molecule has 1 aromatic rings. The van der Waals surface area contributed by atoms with E-state index >= 15 is 0 Å². The lowest BCUT2D eigenvalue weighted by Gasteiger charge is -2.34. The second kappa shape index (κ2) is 3.77. The molecule has 0 bridgehead atoms. The molecule has 1 N–H and O–H groups in total. The fourth-order valence-corrected chi connectivity index (χ4v) is 2.02. The minimum Gasteiger partial charge on any atom is -0.382 e. The van der Waals surface area contributed by atoms with Crippen LogP contribution in [0, 0.1) is 11.7 Å². The monoisotopic (exact) mass is 213 g/mol. The van der Waals surface area contributed by atoms with E-state index < -0.39 is 0 Å². The molecule has 0 radical (unpaired) electrons. The Labute approximate surface area is 88.3 Å². The maximum atomic E-state index is 12.8. The lowest BCUT2D eigenvalue weighted by Crippen LogP contribution is -2.33. The van der Waals surface area contributed by atoms with Gasteiger partial charge in [-0.25, -0.2) is 4.39 Å². The summed E-state index contributed by atoms with van der Waals surface area (Å²) in [4.78, 5) is 0. The van der Waals surface area contributed by atoms with Gasteiger partial charge in [-0.05, 0) is 37.0 Å². The van der Waals surface area contributed by atoms with E-state index in [0.717, 1.165) is 11.6 Å². The molecule has 2 rings (SSSR count). The van der Waals surface area contributed by atoms with Crippen LogP contribution in [0.4, 0.5) is 10.1 Å². The van der Waals surface area contributed by atoms with Crippen LogP contribution in [0.2, 0.25) is 5.02 Å². The van der Waals surface area contributed by atoms with E-state index in [9.17, 15) is 4.39 Å². The quantitative estimate of drug-likeness (QED) is 0.790. The van der Waals surface area contributed by atoms with Crippen molar-refractivity contribution >= 4 is 17.3 Å². The van der Waals surface area contributed by atoms with Crippen LogP contribution in [0.15, 0.2) is 18.2 Å². The molecule has 1 saturated carbocycles. The number of rotatable bonds is 2. The van der Waals surface area contributed by atoms with Gasteiger partial charge in [-0.15, -0.1) is 0 Å². The summed E-state index contributed by atoms with van der Waals surface area (Å²) >= 11 is 5.67. The van der Waals surface area contributed by atoms with Gasteiger partial charge in [-0.2, -0.15) is 0 Å². The minimum atomic E-state index is -0.362. The van der Waals surface area contributed by atoms with Crippen molar-refractivity contribution in [3.8, 4) is 0 Å². The van der Waals surface area contributed by atoms with Crippen molar-refractivity contribution in [1.29, 1.82) is 0 Å². The molecule has 0 amide bonds. The lowest BCUT2D eigenvalue weighted by atomic mass is 9.82. The highest BCUT2D eigenvalue weighted by Crippen LogP contribution is 2.30. The normalized spacial score (nSPS) is 25.6. The fraction of sp³-hybridized carbons (Fsp3) is 0.455. The van der Waals surface area contributed by atoms with Crippen molar-refractivity contribution in [3.63, 3.8) is 0 Å². The molecule has 0 spiro atoms. The Morgan fingerprint density at radius 1 is 1.43 bits per heavy atom. The number of anilines is 1. The van der Waals surface area contributed by atoms with Gasteiger partial charge in [0, 0.05) is 11.7 Å². The van der Waals surface area contributed by atoms with Crippen molar-refractivity contribution in [2.45, 2.75) is 25.8 Å². The van der Waals surface area contributed by atoms with Crippen molar-refractivity contribution in [2.75, 3.05) is 5.32 Å². The van der Waals surface area contributed by atoms with E-state index in [4.69, 9.17) is 11.6 Å². The van der Waals surface area contributed by atoms with Crippen LogP contribution in [0.1, 0.15) is 19.8 Å². The second-order valence-electron chi connectivity index (χ2n) is 4.05. The first kappa shape index (κ1) is 9.78. The molecule has 1 fully saturated rings. The van der Waals surface area contributed by atoms with Crippen LogP contribution in [-0.4, -0.2) is 6.04 Å². The summed E-state index contributed by atoms with van der Waals surface area (Å²) in [5.74, 6) is 0.447. The topological polar surface area (TPSA) is 12.0 Å². The molecule has 1 nitrogen and oxygen atoms in total. The molecule has 3 heteroatoms. The maximum Gasteiger partial charge on any atom is 0.141 e. The first-order valence-corrected chi connectivity index (χ1v) is 5.24. The third kappa shape index (κ3) is 2.01. The molecule has 0 aromatic heterocycles. The zero-order valence-electron chi connectivity index (χ0n) is 8.06. The van der Waals surface area contributed by atoms with Gasteiger partial charge in [0.25, 0.3) is 0 Å². The molecular weight excluding hydrogens is 201 g/mol. The van der Waals surface area contributed by atoms with Crippen LogP contribution < -0.4 is 5.32 Å². The average Bonchev–Trinajstić information content (AvgIpc) is 2.09. The second-order valence-corrected chi connectivity index (χ2v) is 4.45. The first-order valence-electron chi connectivity index (χ1n) is 4.87. The molecule has 14 heavy (non-hydrogen) atoms. The van der Waals surface area contributed by atoms with Gasteiger partial charge < -0.3 is 5.32 Å². The van der Waals surface area contributed by atoms with E-state index in [2.05, 4.69) is 12.2 Å². The Morgan fingerprint density at radius 3 is 2.71 bits per heavy atom. The van der Waals surface area contributed by atoms with Gasteiger partial charge in [-0.1, -0.05) is 18.5 Å². The summed E-state index contributed by atoms with van der Waals surface area (Å²) in [6.45, 7) is 2.23. The summed E-state index contributed by atoms with van der Waals surface area (Å²) in [6.07, 6.45) is 2.38. The molecule has 1 aliphatic carbocycles. The predicted octanol–water partition coefficient (Wildman–Crippen LogP) is 3.69. The van der Waals surface area contributed by atoms with Crippen LogP contribution >= 0.6 is 11.6 Å². The molecule has 0 atom stereocenters. The Hall–Kier alpha value is -0.760. The molecule has 76 valence electrons. The predicted molar refractivity (Wildman–Crippen MR) is 57.2 cm³/mol. The highest BCUT2D eigenvalue weighted by molar-refractivity contribution is 6.31. The van der Waals surface area contributed by atoms with Crippen molar-refractivity contribution < 1.29 is 4.39 Å². The van der Waals surface area contributed by atoms with Crippen LogP contribution in [0.25, 0.3) is 0 Å². The molecule has 0 aliphatic heterocycles. The highest BCUT2D eigenvalue weighted by atomic mass is 35.5. The summed E-state index contributed by atoms with van der Waals surface area (Å²) < 4.78 is 12.8. The number of halogens is 2. The molecule has 0 unspecified atom stereocenters. The zero-order chi connectivity index (χ0) is 10.1. The Morgan fingerprint density at radius 2 is 2.14 bits per heavy atom. The van der Waals surface area contributed by atoms with Crippen molar-refractivity contribution in [2.24, 2.45) is 5.92 Å². The maximum absolute atomic E-state index is 12.8. The molecule has 1 aliphatic rings. The van der Waals surface area contributed by atoms with E-state index in [-0.39, 0.29) is 10.8 Å². The molecular formula is C11H13ClFN. The smallest absolute Gasteiger partial charge is 0.141 e. The third-order valence-corrected chi connectivity index (χ3v) is 2.95. The summed E-state index contributed by atoms with van der Waals surface area (Å²) in [7, 11) is 0. The Kier molecular flexibility index (Phi) is 2.64. The first-order chi connectivity index (χ1) is 6.65. The highest BCUT2D eigenvalue weighted by Gasteiger charge is 2.24. The third-order valence-electron chi connectivity index (χ3n) is 2.66. The molecule has 0 heterocycles. The SMILES string of the molecule is CC1CC(Nc2ccc(F)c(Cl)c2)C1. The number of hydrogen-bond acceptors (Lipinski definition) is 1. The standard InChI is InChI=1S/C11H13ClFN/c1-7-4-9(5-7)14-8-2-3-11(13)10(12)6-8/h2-3,6-7,9,14H,4-5H2,1H3. The number of nitrogens with one attached hydrogen (secondary N) is 1. The van der Waals surface area contributed by atoms with Crippen LogP contribution in [0.3, 0.4) is 0 Å². The zero-order valence-corrected chi connectivity index (χ0v) is 8.81. The van der Waals surface area contributed by atoms with Gasteiger partial charge in [-0.3, -0.25) is 0 Å². The minimum absolute atomic E-state index is 0.183. The molecule has 0 saturated heterocycles. The van der Waals surface area contributed by atoms with Gasteiger partial charge in [0.05, 0.1) is 5.02 Å². The Bertz CT molecular complexity index is 334. The lowest BCUT2D eigenvalue weighted by molar-refractivity contribution is 0.309. The van der Waals surface area contributed by atoms with Crippen molar-refractivity contribution in [1.82, 2.24) is 0 Å². The largest absolute Gasteiger partial charge is 0.382 e. The Balaban J connectivity index is 2.00. The van der Waals surface area contributed by atoms with Crippen LogP contribution in [-0.2, 0) is 0 Å². The number of hydrogen-bond donors (Lipinski definition) is 1. The summed E-state index contributed by atoms with van der Waals surface area (Å²) in [5.41, 5.74) is 0.910. The summed E-state index contributed by atoms with van der Waals surface area (Å²) in [5, 5.41) is 3.51. The van der Waals surface area contributed by atoms with Gasteiger partial charge >= 0.3 is 0 Å². The van der Waals surface area contributed by atoms with E-state index in [1.807, 2.05) is 0 Å². The average molecular weight is 214 g/mol. The van der Waals surface area contributed by atoms with Gasteiger partial charge in [0.15, 0.2) is 0 Å².